The van der Waals surface area contributed by atoms with Gasteiger partial charge in [-0.15, -0.1) is 0 Å². The quantitative estimate of drug-likeness (QED) is 0.788. The third kappa shape index (κ3) is 5.07. The zero-order chi connectivity index (χ0) is 15.8. The summed E-state index contributed by atoms with van der Waals surface area (Å²) in [6.07, 6.45) is 4.39. The second-order valence-corrected chi connectivity index (χ2v) is 5.71. The number of halogens is 1. The third-order valence-corrected chi connectivity index (χ3v) is 3.98. The number of hydrogen-bond donors (Lipinski definition) is 1. The summed E-state index contributed by atoms with van der Waals surface area (Å²) in [4.78, 5) is 14.1. The molecule has 122 valence electrons. The van der Waals surface area contributed by atoms with Gasteiger partial charge in [-0.1, -0.05) is 25.0 Å². The molecule has 1 fully saturated rings. The number of carbonyl (C=O) groups excluding carboxylic acids is 1. The van der Waals surface area contributed by atoms with Crippen LogP contribution in [0.2, 0.25) is 0 Å². The summed E-state index contributed by atoms with van der Waals surface area (Å²) in [5.41, 5.74) is 6.24. The SMILES string of the molecule is NCCCCCCC(=O)N1CCOC(c2cccc(F)c2)C1. The van der Waals surface area contributed by atoms with Crippen LogP contribution in [0, 0.1) is 5.82 Å². The fourth-order valence-corrected chi connectivity index (χ4v) is 2.72. The van der Waals surface area contributed by atoms with Crippen LogP contribution in [0.5, 0.6) is 0 Å². The van der Waals surface area contributed by atoms with Crippen molar-refractivity contribution in [2.45, 2.75) is 38.2 Å². The molecule has 22 heavy (non-hydrogen) atoms. The first-order valence-corrected chi connectivity index (χ1v) is 8.05. The van der Waals surface area contributed by atoms with Crippen molar-refractivity contribution in [2.75, 3.05) is 26.2 Å². The lowest BCUT2D eigenvalue weighted by Gasteiger charge is -2.33. The van der Waals surface area contributed by atoms with Gasteiger partial charge in [0.25, 0.3) is 0 Å². The van der Waals surface area contributed by atoms with Crippen molar-refractivity contribution in [1.29, 1.82) is 0 Å². The van der Waals surface area contributed by atoms with E-state index in [4.69, 9.17) is 10.5 Å². The van der Waals surface area contributed by atoms with Gasteiger partial charge in [-0.25, -0.2) is 4.39 Å². The molecule has 1 aromatic carbocycles. The van der Waals surface area contributed by atoms with Gasteiger partial charge < -0.3 is 15.4 Å². The number of morpholine rings is 1. The molecule has 1 saturated heterocycles. The van der Waals surface area contributed by atoms with Crippen molar-refractivity contribution in [3.8, 4) is 0 Å². The van der Waals surface area contributed by atoms with Crippen LogP contribution in [-0.2, 0) is 9.53 Å². The number of amides is 1. The Kier molecular flexibility index (Phi) is 6.80. The molecule has 0 aliphatic carbocycles. The second kappa shape index (κ2) is 8.86. The first-order valence-electron chi connectivity index (χ1n) is 8.05. The van der Waals surface area contributed by atoms with E-state index in [1.54, 1.807) is 6.07 Å². The molecule has 0 aromatic heterocycles. The average molecular weight is 308 g/mol. The van der Waals surface area contributed by atoms with Gasteiger partial charge in [-0.3, -0.25) is 4.79 Å². The highest BCUT2D eigenvalue weighted by Crippen LogP contribution is 2.23. The molecule has 1 aromatic rings. The Balaban J connectivity index is 1.81. The number of nitrogens with two attached hydrogens (primary N) is 1. The van der Waals surface area contributed by atoms with Crippen LogP contribution in [0.25, 0.3) is 0 Å². The summed E-state index contributed by atoms with van der Waals surface area (Å²) in [7, 11) is 0. The van der Waals surface area contributed by atoms with Crippen molar-refractivity contribution in [3.05, 3.63) is 35.6 Å². The van der Waals surface area contributed by atoms with Crippen LogP contribution in [0.15, 0.2) is 24.3 Å². The van der Waals surface area contributed by atoms with Gasteiger partial charge in [0.1, 0.15) is 11.9 Å². The van der Waals surface area contributed by atoms with Crippen LogP contribution in [0.3, 0.4) is 0 Å². The molecule has 1 aliphatic rings. The maximum atomic E-state index is 13.3. The van der Waals surface area contributed by atoms with Gasteiger partial charge in [0.05, 0.1) is 13.2 Å². The van der Waals surface area contributed by atoms with E-state index in [9.17, 15) is 9.18 Å². The number of unbranched alkanes of at least 4 members (excludes halogenated alkanes) is 3. The Labute approximate surface area is 131 Å². The van der Waals surface area contributed by atoms with Crippen molar-refractivity contribution >= 4 is 5.91 Å². The van der Waals surface area contributed by atoms with Crippen molar-refractivity contribution in [2.24, 2.45) is 5.73 Å². The molecule has 2 N–H and O–H groups in total. The summed E-state index contributed by atoms with van der Waals surface area (Å²) in [6.45, 7) is 2.34. The van der Waals surface area contributed by atoms with Crippen LogP contribution in [-0.4, -0.2) is 37.0 Å². The molecule has 0 bridgehead atoms. The lowest BCUT2D eigenvalue weighted by molar-refractivity contribution is -0.139. The summed E-state index contributed by atoms with van der Waals surface area (Å²) in [5.74, 6) is -0.109. The number of hydrogen-bond acceptors (Lipinski definition) is 3. The molecular formula is C17H25FN2O2. The van der Waals surface area contributed by atoms with Crippen LogP contribution in [0.4, 0.5) is 4.39 Å². The third-order valence-electron chi connectivity index (χ3n) is 3.98. The Morgan fingerprint density at radius 2 is 2.14 bits per heavy atom. The highest BCUT2D eigenvalue weighted by Gasteiger charge is 2.25. The molecule has 0 spiro atoms. The number of nitrogens with zero attached hydrogens (tertiary/aromatic N) is 1. The summed E-state index contributed by atoms with van der Waals surface area (Å²) in [5, 5.41) is 0. The van der Waals surface area contributed by atoms with Gasteiger partial charge in [-0.05, 0) is 37.1 Å². The van der Waals surface area contributed by atoms with Gasteiger partial charge in [0.2, 0.25) is 5.91 Å². The minimum atomic E-state index is -0.274. The predicted molar refractivity (Wildman–Crippen MR) is 83.8 cm³/mol. The summed E-state index contributed by atoms with van der Waals surface area (Å²) >= 11 is 0. The fraction of sp³-hybridized carbons (Fsp3) is 0.588. The van der Waals surface area contributed by atoms with E-state index < -0.39 is 0 Å². The van der Waals surface area contributed by atoms with E-state index in [0.717, 1.165) is 31.2 Å². The van der Waals surface area contributed by atoms with Gasteiger partial charge in [0.15, 0.2) is 0 Å². The van der Waals surface area contributed by atoms with Crippen LogP contribution in [0.1, 0.15) is 43.8 Å². The number of benzene rings is 1. The first kappa shape index (κ1) is 16.9. The Morgan fingerprint density at radius 3 is 2.91 bits per heavy atom. The molecule has 2 rings (SSSR count). The minimum Gasteiger partial charge on any atom is -0.370 e. The van der Waals surface area contributed by atoms with Crippen LogP contribution >= 0.6 is 0 Å². The first-order chi connectivity index (χ1) is 10.7. The second-order valence-electron chi connectivity index (χ2n) is 5.71. The van der Waals surface area contributed by atoms with Crippen LogP contribution < -0.4 is 5.73 Å². The van der Waals surface area contributed by atoms with E-state index in [2.05, 4.69) is 0 Å². The van der Waals surface area contributed by atoms with E-state index in [1.165, 1.54) is 12.1 Å². The Morgan fingerprint density at radius 1 is 1.32 bits per heavy atom. The van der Waals surface area contributed by atoms with E-state index >= 15 is 0 Å². The normalized spacial score (nSPS) is 18.5. The lowest BCUT2D eigenvalue weighted by atomic mass is 10.1. The zero-order valence-electron chi connectivity index (χ0n) is 13.0. The standard InChI is InChI=1S/C17H25FN2O2/c18-15-7-5-6-14(12-15)16-13-20(10-11-22-16)17(21)8-3-1-2-4-9-19/h5-7,12,16H,1-4,8-11,13,19H2. The molecule has 0 saturated carbocycles. The van der Waals surface area contributed by atoms with E-state index in [0.29, 0.717) is 32.7 Å². The molecule has 5 heteroatoms. The monoisotopic (exact) mass is 308 g/mol. The van der Waals surface area contributed by atoms with E-state index in [-0.39, 0.29) is 17.8 Å². The minimum absolute atomic E-state index is 0.164. The van der Waals surface area contributed by atoms with E-state index in [1.807, 2.05) is 11.0 Å². The number of rotatable bonds is 7. The Hall–Kier alpha value is -1.46. The molecular weight excluding hydrogens is 283 g/mol. The van der Waals surface area contributed by atoms with Crippen molar-refractivity contribution < 1.29 is 13.9 Å². The molecule has 1 heterocycles. The van der Waals surface area contributed by atoms with Gasteiger partial charge >= 0.3 is 0 Å². The summed E-state index contributed by atoms with van der Waals surface area (Å²) < 4.78 is 19.0. The highest BCUT2D eigenvalue weighted by atomic mass is 19.1. The van der Waals surface area contributed by atoms with Crippen molar-refractivity contribution in [3.63, 3.8) is 0 Å². The maximum Gasteiger partial charge on any atom is 0.222 e. The predicted octanol–water partition coefficient (Wildman–Crippen LogP) is 2.63. The summed E-state index contributed by atoms with van der Waals surface area (Å²) in [6, 6.07) is 6.41. The Bertz CT molecular complexity index is 481. The maximum absolute atomic E-state index is 13.3. The molecule has 1 atom stereocenters. The molecule has 1 aliphatic heterocycles. The molecule has 0 radical (unpaired) electrons. The number of carbonyl (C=O) groups is 1. The highest BCUT2D eigenvalue weighted by molar-refractivity contribution is 5.76. The largest absolute Gasteiger partial charge is 0.370 e. The van der Waals surface area contributed by atoms with Gasteiger partial charge in [-0.2, -0.15) is 0 Å². The molecule has 1 amide bonds. The van der Waals surface area contributed by atoms with Gasteiger partial charge in [0, 0.05) is 13.0 Å². The lowest BCUT2D eigenvalue weighted by Crippen LogP contribution is -2.42. The zero-order valence-corrected chi connectivity index (χ0v) is 13.0. The molecule has 4 nitrogen and oxygen atoms in total. The topological polar surface area (TPSA) is 55.6 Å². The van der Waals surface area contributed by atoms with Crippen molar-refractivity contribution in [1.82, 2.24) is 4.90 Å². The number of ether oxygens (including phenoxy) is 1. The molecule has 1 unspecified atom stereocenters. The fourth-order valence-electron chi connectivity index (χ4n) is 2.72. The smallest absolute Gasteiger partial charge is 0.222 e. The average Bonchev–Trinajstić information content (AvgIpc) is 2.54.